The minimum atomic E-state index is -1.16. The average molecular weight is 260 g/mol. The predicted molar refractivity (Wildman–Crippen MR) is 70.3 cm³/mol. The lowest BCUT2D eigenvalue weighted by Crippen LogP contribution is -2.53. The van der Waals surface area contributed by atoms with Gasteiger partial charge in [0.1, 0.15) is 6.10 Å². The number of fused-ring (bicyclic) bond motifs is 1. The molecule has 0 saturated carbocycles. The summed E-state index contributed by atoms with van der Waals surface area (Å²) in [6, 6.07) is -0.0584. The maximum absolute atomic E-state index is 13.5. The van der Waals surface area contributed by atoms with E-state index in [2.05, 4.69) is 16.8 Å². The molecule has 4 unspecified atom stereocenters. The summed E-state index contributed by atoms with van der Waals surface area (Å²) in [5.41, 5.74) is -1.16. The molecule has 5 heteroatoms. The van der Waals surface area contributed by atoms with Crippen LogP contribution < -0.4 is 0 Å². The molecule has 2 aliphatic heterocycles. The molecule has 2 rings (SSSR count). The molecular weight excluding hydrogens is 239 g/mol. The Kier molecular flexibility index (Phi) is 4.31. The van der Waals surface area contributed by atoms with Crippen LogP contribution in [-0.4, -0.2) is 51.8 Å². The maximum atomic E-state index is 13.5. The number of aliphatic hydroxyl groups excluding tert-OH is 1. The molecular formula is C12H21FN2OS. The van der Waals surface area contributed by atoms with Gasteiger partial charge in [-0.15, -0.1) is 11.8 Å². The van der Waals surface area contributed by atoms with Crippen LogP contribution in [0.5, 0.6) is 0 Å². The zero-order chi connectivity index (χ0) is 12.4. The molecule has 0 aromatic heterocycles. The minimum absolute atomic E-state index is 0.0776. The van der Waals surface area contributed by atoms with E-state index < -0.39 is 11.6 Å². The second-order valence-electron chi connectivity index (χ2n) is 4.67. The molecule has 1 fully saturated rings. The molecule has 0 amide bonds. The molecule has 0 aliphatic carbocycles. The number of thioether (sulfide) groups is 1. The van der Waals surface area contributed by atoms with Crippen LogP contribution in [0.2, 0.25) is 0 Å². The lowest BCUT2D eigenvalue weighted by Gasteiger charge is -2.37. The van der Waals surface area contributed by atoms with E-state index in [1.807, 2.05) is 6.92 Å². The molecule has 3 nitrogen and oxygen atoms in total. The van der Waals surface area contributed by atoms with E-state index in [9.17, 15) is 9.50 Å². The highest BCUT2D eigenvalue weighted by molar-refractivity contribution is 7.99. The van der Waals surface area contributed by atoms with E-state index in [0.29, 0.717) is 5.75 Å². The molecule has 0 aromatic rings. The molecule has 0 bridgehead atoms. The van der Waals surface area contributed by atoms with Gasteiger partial charge in [0.15, 0.2) is 5.50 Å². The first-order chi connectivity index (χ1) is 8.19. The molecule has 0 aromatic carbocycles. The molecule has 1 N–H and O–H groups in total. The Morgan fingerprint density at radius 2 is 2.29 bits per heavy atom. The van der Waals surface area contributed by atoms with Crippen molar-refractivity contribution in [2.24, 2.45) is 4.99 Å². The maximum Gasteiger partial charge on any atom is 0.173 e. The third-order valence-corrected chi connectivity index (χ3v) is 4.67. The number of aliphatic hydroxyl groups is 1. The predicted octanol–water partition coefficient (Wildman–Crippen LogP) is 2.05. The summed E-state index contributed by atoms with van der Waals surface area (Å²) in [6.07, 6.45) is 2.29. The first-order valence-electron chi connectivity index (χ1n) is 6.46. The standard InChI is InChI=1S/C12H21FN2OS/c1-3-5-6-9-14-8-7-17-12(13)11(16)10(8)15(9)4-2/h8,10-12,16H,3-7H2,1-2H3. The molecule has 2 heterocycles. The summed E-state index contributed by atoms with van der Waals surface area (Å²) < 4.78 is 13.5. The van der Waals surface area contributed by atoms with Crippen molar-refractivity contribution in [2.45, 2.75) is 56.8 Å². The number of halogens is 1. The lowest BCUT2D eigenvalue weighted by atomic mass is 10.0. The van der Waals surface area contributed by atoms with E-state index in [0.717, 1.165) is 31.6 Å². The van der Waals surface area contributed by atoms with Gasteiger partial charge in [0, 0.05) is 18.7 Å². The van der Waals surface area contributed by atoms with Crippen molar-refractivity contribution >= 4 is 17.6 Å². The monoisotopic (exact) mass is 260 g/mol. The first-order valence-corrected chi connectivity index (χ1v) is 7.51. The highest BCUT2D eigenvalue weighted by atomic mass is 32.2. The molecule has 98 valence electrons. The second-order valence-corrected chi connectivity index (χ2v) is 5.78. The van der Waals surface area contributed by atoms with E-state index in [-0.39, 0.29) is 12.1 Å². The Labute approximate surface area is 106 Å². The molecule has 0 radical (unpaired) electrons. The summed E-state index contributed by atoms with van der Waals surface area (Å²) in [6.45, 7) is 5.00. The van der Waals surface area contributed by atoms with Gasteiger partial charge >= 0.3 is 0 Å². The fourth-order valence-electron chi connectivity index (χ4n) is 2.65. The number of likely N-dealkylation sites (N-methyl/N-ethyl adjacent to an activating group) is 1. The largest absolute Gasteiger partial charge is 0.387 e. The van der Waals surface area contributed by atoms with Crippen LogP contribution in [0.4, 0.5) is 4.39 Å². The van der Waals surface area contributed by atoms with Crippen molar-refractivity contribution in [3.63, 3.8) is 0 Å². The van der Waals surface area contributed by atoms with Crippen molar-refractivity contribution in [1.82, 2.24) is 4.90 Å². The molecule has 4 atom stereocenters. The Hall–Kier alpha value is -0.290. The highest BCUT2D eigenvalue weighted by Gasteiger charge is 2.46. The van der Waals surface area contributed by atoms with Crippen LogP contribution >= 0.6 is 11.8 Å². The number of rotatable bonds is 4. The van der Waals surface area contributed by atoms with Gasteiger partial charge in [0.25, 0.3) is 0 Å². The van der Waals surface area contributed by atoms with Gasteiger partial charge in [-0.1, -0.05) is 13.3 Å². The van der Waals surface area contributed by atoms with Gasteiger partial charge in [0.05, 0.1) is 17.9 Å². The smallest absolute Gasteiger partial charge is 0.173 e. The van der Waals surface area contributed by atoms with E-state index in [1.165, 1.54) is 11.8 Å². The fraction of sp³-hybridized carbons (Fsp3) is 0.917. The van der Waals surface area contributed by atoms with E-state index in [1.54, 1.807) is 0 Å². The van der Waals surface area contributed by atoms with E-state index in [4.69, 9.17) is 0 Å². The summed E-state index contributed by atoms with van der Waals surface area (Å²) >= 11 is 1.19. The molecule has 2 aliphatic rings. The number of unbranched alkanes of at least 4 members (excludes halogenated alkanes) is 1. The zero-order valence-corrected chi connectivity index (χ0v) is 11.3. The third-order valence-electron chi connectivity index (χ3n) is 3.54. The van der Waals surface area contributed by atoms with Crippen LogP contribution in [0.3, 0.4) is 0 Å². The zero-order valence-electron chi connectivity index (χ0n) is 10.5. The van der Waals surface area contributed by atoms with Crippen LogP contribution in [0.15, 0.2) is 4.99 Å². The highest BCUT2D eigenvalue weighted by Crippen LogP contribution is 2.35. The number of alkyl halides is 1. The van der Waals surface area contributed by atoms with Gasteiger partial charge < -0.3 is 10.0 Å². The summed E-state index contributed by atoms with van der Waals surface area (Å²) in [5, 5.41) is 9.98. The summed E-state index contributed by atoms with van der Waals surface area (Å²) in [4.78, 5) is 6.79. The second kappa shape index (κ2) is 5.57. The van der Waals surface area contributed by atoms with Crippen LogP contribution in [0.1, 0.15) is 33.1 Å². The average Bonchev–Trinajstić information content (AvgIpc) is 2.69. The van der Waals surface area contributed by atoms with Crippen molar-refractivity contribution in [3.8, 4) is 0 Å². The SMILES string of the molecule is CCCCC1=NC2CSC(F)C(O)C2N1CC. The van der Waals surface area contributed by atoms with Gasteiger partial charge in [-0.3, -0.25) is 4.99 Å². The Morgan fingerprint density at radius 1 is 1.53 bits per heavy atom. The summed E-state index contributed by atoms with van der Waals surface area (Å²) in [5.74, 6) is 1.76. The van der Waals surface area contributed by atoms with Gasteiger partial charge in [-0.2, -0.15) is 0 Å². The van der Waals surface area contributed by atoms with Crippen LogP contribution in [-0.2, 0) is 0 Å². The normalized spacial score (nSPS) is 36.9. The number of amidine groups is 1. The third kappa shape index (κ3) is 2.45. The Balaban J connectivity index is 2.10. The Morgan fingerprint density at radius 3 is 2.94 bits per heavy atom. The van der Waals surface area contributed by atoms with Crippen molar-refractivity contribution < 1.29 is 9.50 Å². The Bertz CT molecular complexity index is 300. The minimum Gasteiger partial charge on any atom is -0.387 e. The van der Waals surface area contributed by atoms with Crippen molar-refractivity contribution in [2.75, 3.05) is 12.3 Å². The molecule has 0 spiro atoms. The summed E-state index contributed by atoms with van der Waals surface area (Å²) in [7, 11) is 0. The van der Waals surface area contributed by atoms with Gasteiger partial charge in [-0.25, -0.2) is 4.39 Å². The molecule has 17 heavy (non-hydrogen) atoms. The number of aliphatic imine (C=N–C) groups is 1. The lowest BCUT2D eigenvalue weighted by molar-refractivity contribution is 0.0453. The number of nitrogens with zero attached hydrogens (tertiary/aromatic N) is 2. The van der Waals surface area contributed by atoms with Crippen LogP contribution in [0.25, 0.3) is 0 Å². The quantitative estimate of drug-likeness (QED) is 0.840. The van der Waals surface area contributed by atoms with Gasteiger partial charge in [-0.05, 0) is 13.3 Å². The van der Waals surface area contributed by atoms with Crippen LogP contribution in [0, 0.1) is 0 Å². The fourth-order valence-corrected chi connectivity index (χ4v) is 3.66. The first kappa shape index (κ1) is 13.1. The number of hydrogen-bond acceptors (Lipinski definition) is 4. The molecule has 1 saturated heterocycles. The topological polar surface area (TPSA) is 35.8 Å². The van der Waals surface area contributed by atoms with Crippen molar-refractivity contribution in [1.29, 1.82) is 0 Å². The van der Waals surface area contributed by atoms with Gasteiger partial charge in [0.2, 0.25) is 0 Å². The number of hydrogen-bond donors (Lipinski definition) is 1. The van der Waals surface area contributed by atoms with E-state index >= 15 is 0 Å². The van der Waals surface area contributed by atoms with Crippen molar-refractivity contribution in [3.05, 3.63) is 0 Å².